The first-order chi connectivity index (χ1) is 14.6. The van der Waals surface area contributed by atoms with Crippen LogP contribution in [0.1, 0.15) is 19.7 Å². The monoisotopic (exact) mass is 451 g/mol. The number of thioether (sulfide) groups is 1. The van der Waals surface area contributed by atoms with Crippen molar-refractivity contribution in [2.75, 3.05) is 18.2 Å². The van der Waals surface area contributed by atoms with Crippen LogP contribution in [-0.4, -0.2) is 84.7 Å². The summed E-state index contributed by atoms with van der Waals surface area (Å²) in [6.07, 6.45) is 0. The van der Waals surface area contributed by atoms with Crippen LogP contribution < -0.4 is 10.6 Å². The van der Waals surface area contributed by atoms with Crippen molar-refractivity contribution in [3.63, 3.8) is 0 Å². The van der Waals surface area contributed by atoms with Crippen LogP contribution in [0.15, 0.2) is 10.9 Å². The minimum atomic E-state index is -1.37. The fraction of sp³-hybridized carbons (Fsp3) is 0.375. The number of β-lactam (4-membered cyclic amide) rings is 1. The second-order valence-electron chi connectivity index (χ2n) is 6.36. The number of H-pyrrole nitrogens is 1. The van der Waals surface area contributed by atoms with Crippen molar-refractivity contribution in [2.45, 2.75) is 25.3 Å². The Morgan fingerprint density at radius 3 is 2.61 bits per heavy atom. The number of carbonyl (C=O) groups is 5. The SMILES string of the molecule is CON=C(C(C)=O)C(=O)NC1C(=O)N2C(C(=O)O)=C(c3nc(NC(C)=O)n[nH]3)CS[C@H]12. The molecule has 1 fully saturated rings. The van der Waals surface area contributed by atoms with Crippen LogP contribution in [0, 0.1) is 0 Å². The van der Waals surface area contributed by atoms with E-state index < -0.39 is 46.6 Å². The van der Waals surface area contributed by atoms with Gasteiger partial charge in [0.1, 0.15) is 24.2 Å². The fourth-order valence-corrected chi connectivity index (χ4v) is 4.32. The van der Waals surface area contributed by atoms with E-state index in [4.69, 9.17) is 0 Å². The molecule has 0 saturated carbocycles. The molecule has 3 heterocycles. The fourth-order valence-electron chi connectivity index (χ4n) is 2.98. The zero-order chi connectivity index (χ0) is 22.9. The number of ketones is 1. The molecule has 3 amide bonds. The summed E-state index contributed by atoms with van der Waals surface area (Å²) in [5.41, 5.74) is -0.639. The summed E-state index contributed by atoms with van der Waals surface area (Å²) in [4.78, 5) is 69.1. The van der Waals surface area contributed by atoms with E-state index in [0.717, 1.165) is 18.9 Å². The minimum absolute atomic E-state index is 0.0406. The molecule has 15 heteroatoms. The molecule has 164 valence electrons. The van der Waals surface area contributed by atoms with Gasteiger partial charge in [-0.1, -0.05) is 5.16 Å². The standard InChI is InChI=1S/C16H17N7O7S/c1-5(24)8(22-30-3)12(26)18-9-13(27)23-10(15(28)29)7(4-31-14(9)23)11-19-16(21-20-11)17-6(2)25/h9,14H,4H2,1-3H3,(H,18,26)(H,28,29)(H2,17,19,20,21,25)/t9?,14-/m1/s1. The van der Waals surface area contributed by atoms with E-state index in [-0.39, 0.29) is 28.8 Å². The average molecular weight is 451 g/mol. The number of hydrogen-bond donors (Lipinski definition) is 4. The number of fused-ring (bicyclic) bond motifs is 1. The van der Waals surface area contributed by atoms with Crippen LogP contribution in [0.2, 0.25) is 0 Å². The lowest BCUT2D eigenvalue weighted by Gasteiger charge is -2.49. The van der Waals surface area contributed by atoms with E-state index in [2.05, 4.69) is 35.8 Å². The van der Waals surface area contributed by atoms with Crippen LogP contribution in [0.5, 0.6) is 0 Å². The van der Waals surface area contributed by atoms with Crippen molar-refractivity contribution in [1.82, 2.24) is 25.4 Å². The Bertz CT molecular complexity index is 1050. The second-order valence-corrected chi connectivity index (χ2v) is 7.47. The van der Waals surface area contributed by atoms with Gasteiger partial charge in [0.2, 0.25) is 17.6 Å². The highest BCUT2D eigenvalue weighted by Gasteiger charge is 2.55. The van der Waals surface area contributed by atoms with Gasteiger partial charge >= 0.3 is 5.97 Å². The van der Waals surface area contributed by atoms with Crippen molar-refractivity contribution in [2.24, 2.45) is 5.16 Å². The molecule has 4 N–H and O–H groups in total. The number of oxime groups is 1. The molecule has 2 aliphatic heterocycles. The third-order valence-electron chi connectivity index (χ3n) is 4.25. The van der Waals surface area contributed by atoms with Gasteiger partial charge in [0, 0.05) is 25.2 Å². The van der Waals surface area contributed by atoms with Crippen molar-refractivity contribution >= 4 is 58.5 Å². The average Bonchev–Trinajstić information content (AvgIpc) is 3.15. The van der Waals surface area contributed by atoms with Crippen LogP contribution in [-0.2, 0) is 28.8 Å². The van der Waals surface area contributed by atoms with Crippen LogP contribution in [0.3, 0.4) is 0 Å². The largest absolute Gasteiger partial charge is 0.477 e. The molecule has 2 aliphatic rings. The minimum Gasteiger partial charge on any atom is -0.477 e. The molecule has 1 aromatic heterocycles. The highest BCUT2D eigenvalue weighted by Crippen LogP contribution is 2.42. The van der Waals surface area contributed by atoms with Gasteiger partial charge < -0.3 is 15.3 Å². The number of hydrogen-bond acceptors (Lipinski definition) is 10. The zero-order valence-electron chi connectivity index (χ0n) is 16.5. The Balaban J connectivity index is 1.85. The van der Waals surface area contributed by atoms with Crippen LogP contribution in [0.25, 0.3) is 5.57 Å². The molecule has 1 saturated heterocycles. The Labute approximate surface area is 178 Å². The second kappa shape index (κ2) is 8.55. The number of carboxylic acid groups (broad SMARTS) is 1. The maximum atomic E-state index is 12.7. The first kappa shape index (κ1) is 21.9. The van der Waals surface area contributed by atoms with E-state index in [9.17, 15) is 29.1 Å². The lowest BCUT2D eigenvalue weighted by molar-refractivity contribution is -0.150. The molecule has 1 unspecified atom stereocenters. The first-order valence-corrected chi connectivity index (χ1v) is 9.75. The number of carboxylic acids is 1. The number of aromatic amines is 1. The molecule has 3 rings (SSSR count). The lowest BCUT2D eigenvalue weighted by Crippen LogP contribution is -2.71. The molecule has 0 aromatic carbocycles. The van der Waals surface area contributed by atoms with Crippen molar-refractivity contribution < 1.29 is 33.9 Å². The molecule has 2 atom stereocenters. The summed E-state index contributed by atoms with van der Waals surface area (Å²) in [7, 11) is 1.16. The van der Waals surface area contributed by atoms with Gasteiger partial charge in [-0.3, -0.25) is 34.5 Å². The van der Waals surface area contributed by atoms with Gasteiger partial charge in [-0.05, 0) is 0 Å². The van der Waals surface area contributed by atoms with Crippen molar-refractivity contribution in [3.05, 3.63) is 11.5 Å². The topological polar surface area (TPSA) is 196 Å². The predicted octanol–water partition coefficient (Wildman–Crippen LogP) is -1.45. The first-order valence-electron chi connectivity index (χ1n) is 8.70. The Hall–Kier alpha value is -3.75. The summed E-state index contributed by atoms with van der Waals surface area (Å²) in [5.74, 6) is -3.86. The van der Waals surface area contributed by atoms with Crippen molar-refractivity contribution in [1.29, 1.82) is 0 Å². The van der Waals surface area contributed by atoms with Gasteiger partial charge in [-0.15, -0.1) is 16.9 Å². The summed E-state index contributed by atoms with van der Waals surface area (Å²) in [6, 6.07) is -1.06. The molecule has 31 heavy (non-hydrogen) atoms. The van der Waals surface area contributed by atoms with E-state index >= 15 is 0 Å². The van der Waals surface area contributed by atoms with Crippen LogP contribution >= 0.6 is 11.8 Å². The summed E-state index contributed by atoms with van der Waals surface area (Å²) < 4.78 is 0. The summed E-state index contributed by atoms with van der Waals surface area (Å²) in [5, 5.41) is 23.4. The van der Waals surface area contributed by atoms with E-state index in [1.807, 2.05) is 0 Å². The quantitative estimate of drug-likeness (QED) is 0.165. The van der Waals surface area contributed by atoms with Crippen molar-refractivity contribution in [3.8, 4) is 0 Å². The number of carbonyl (C=O) groups excluding carboxylic acids is 4. The van der Waals surface area contributed by atoms with Gasteiger partial charge in [0.25, 0.3) is 11.8 Å². The number of nitrogens with one attached hydrogen (secondary N) is 3. The number of anilines is 1. The zero-order valence-corrected chi connectivity index (χ0v) is 17.3. The smallest absolute Gasteiger partial charge is 0.353 e. The molecule has 0 aliphatic carbocycles. The molecule has 0 radical (unpaired) electrons. The lowest BCUT2D eigenvalue weighted by atomic mass is 10.0. The number of nitrogens with zero attached hydrogens (tertiary/aromatic N) is 4. The third kappa shape index (κ3) is 4.11. The Morgan fingerprint density at radius 2 is 2.03 bits per heavy atom. The van der Waals surface area contributed by atoms with Gasteiger partial charge in [-0.25, -0.2) is 4.79 Å². The number of amides is 3. The highest BCUT2D eigenvalue weighted by molar-refractivity contribution is 8.00. The van der Waals surface area contributed by atoms with Gasteiger partial charge in [-0.2, -0.15) is 4.98 Å². The molecule has 0 bridgehead atoms. The number of aliphatic carboxylic acids is 1. The molecule has 0 spiro atoms. The predicted molar refractivity (Wildman–Crippen MR) is 105 cm³/mol. The Morgan fingerprint density at radius 1 is 1.32 bits per heavy atom. The van der Waals surface area contributed by atoms with Gasteiger partial charge in [0.05, 0.1) is 0 Å². The van der Waals surface area contributed by atoms with E-state index in [1.165, 1.54) is 18.7 Å². The number of aromatic nitrogens is 3. The van der Waals surface area contributed by atoms with E-state index in [0.29, 0.717) is 0 Å². The highest BCUT2D eigenvalue weighted by atomic mass is 32.2. The molecule has 1 aromatic rings. The third-order valence-corrected chi connectivity index (χ3v) is 5.53. The number of Topliss-reactive ketones (excluding diaryl/α,β-unsaturated/α-hetero) is 1. The molecular formula is C16H17N7O7S. The summed E-state index contributed by atoms with van der Waals surface area (Å²) in [6.45, 7) is 2.38. The van der Waals surface area contributed by atoms with Crippen LogP contribution in [0.4, 0.5) is 5.95 Å². The Kier molecular flexibility index (Phi) is 6.05. The molecular weight excluding hydrogens is 434 g/mol. The normalized spacial score (nSPS) is 20.5. The maximum Gasteiger partial charge on any atom is 0.353 e. The number of rotatable bonds is 7. The maximum absolute atomic E-state index is 12.7. The van der Waals surface area contributed by atoms with Gasteiger partial charge in [0.15, 0.2) is 11.6 Å². The molecule has 14 nitrogen and oxygen atoms in total. The summed E-state index contributed by atoms with van der Waals surface area (Å²) >= 11 is 1.19. The van der Waals surface area contributed by atoms with E-state index in [1.54, 1.807) is 0 Å².